The Morgan fingerprint density at radius 3 is 2.17 bits per heavy atom. The van der Waals surface area contributed by atoms with Crippen LogP contribution in [0, 0.1) is 5.92 Å². The van der Waals surface area contributed by atoms with Crippen molar-refractivity contribution >= 4 is 18.0 Å². The van der Waals surface area contributed by atoms with Crippen LogP contribution in [0.15, 0.2) is 48.5 Å². The lowest BCUT2D eigenvalue weighted by Crippen LogP contribution is -2.59. The van der Waals surface area contributed by atoms with Gasteiger partial charge in [-0.3, -0.25) is 9.59 Å². The maximum Gasteiger partial charge on any atom is 0.408 e. The third-order valence-corrected chi connectivity index (χ3v) is 7.58. The Morgan fingerprint density at radius 1 is 0.971 bits per heavy atom. The Labute approximate surface area is 206 Å². The van der Waals surface area contributed by atoms with Crippen LogP contribution in [0.1, 0.15) is 69.4 Å². The van der Waals surface area contributed by atoms with Crippen LogP contribution >= 0.6 is 0 Å². The summed E-state index contributed by atoms with van der Waals surface area (Å²) in [6.45, 7) is 3.62. The molecule has 0 aliphatic heterocycles. The second kappa shape index (κ2) is 10.5. The highest BCUT2D eigenvalue weighted by Crippen LogP contribution is 2.44. The van der Waals surface area contributed by atoms with Crippen LogP contribution in [0.3, 0.4) is 0 Å². The molecule has 4 rings (SSSR count). The number of fused-ring (bicyclic) bond motifs is 3. The maximum atomic E-state index is 13.2. The average molecular weight is 479 g/mol. The van der Waals surface area contributed by atoms with Crippen molar-refractivity contribution in [2.24, 2.45) is 5.92 Å². The van der Waals surface area contributed by atoms with Crippen LogP contribution in [0.4, 0.5) is 4.79 Å². The average Bonchev–Trinajstić information content (AvgIpc) is 2.98. The van der Waals surface area contributed by atoms with E-state index >= 15 is 0 Å². The van der Waals surface area contributed by atoms with E-state index in [4.69, 9.17) is 4.74 Å². The molecule has 7 nitrogen and oxygen atoms in total. The van der Waals surface area contributed by atoms with E-state index in [0.29, 0.717) is 19.3 Å². The maximum absolute atomic E-state index is 13.2. The van der Waals surface area contributed by atoms with E-state index in [1.807, 2.05) is 31.2 Å². The van der Waals surface area contributed by atoms with Crippen molar-refractivity contribution in [1.29, 1.82) is 0 Å². The summed E-state index contributed by atoms with van der Waals surface area (Å²) in [6, 6.07) is 15.8. The molecular formula is C28H34N2O5. The Bertz CT molecular complexity index is 1050. The summed E-state index contributed by atoms with van der Waals surface area (Å²) in [6.07, 6.45) is 3.51. The lowest BCUT2D eigenvalue weighted by Gasteiger charge is -2.32. The second-order valence-electron chi connectivity index (χ2n) is 9.80. The number of benzene rings is 2. The molecule has 2 aliphatic carbocycles. The van der Waals surface area contributed by atoms with Crippen LogP contribution < -0.4 is 10.6 Å². The van der Waals surface area contributed by atoms with E-state index in [1.165, 1.54) is 0 Å². The minimum absolute atomic E-state index is 0.0721. The zero-order chi connectivity index (χ0) is 25.0. The highest BCUT2D eigenvalue weighted by atomic mass is 16.5. The zero-order valence-corrected chi connectivity index (χ0v) is 20.4. The molecule has 3 unspecified atom stereocenters. The lowest BCUT2D eigenvalue weighted by molar-refractivity contribution is -0.143. The Kier molecular flexibility index (Phi) is 7.43. The number of amides is 2. The molecule has 1 fully saturated rings. The highest BCUT2D eigenvalue weighted by molar-refractivity contribution is 5.90. The van der Waals surface area contributed by atoms with E-state index in [9.17, 15) is 19.5 Å². The number of rotatable bonds is 7. The number of aliphatic carboxylic acids is 1. The van der Waals surface area contributed by atoms with Crippen molar-refractivity contribution in [1.82, 2.24) is 10.6 Å². The highest BCUT2D eigenvalue weighted by Gasteiger charge is 2.38. The summed E-state index contributed by atoms with van der Waals surface area (Å²) in [5, 5.41) is 15.3. The van der Waals surface area contributed by atoms with Gasteiger partial charge in [-0.15, -0.1) is 0 Å². The molecule has 2 amide bonds. The predicted molar refractivity (Wildman–Crippen MR) is 133 cm³/mol. The number of ether oxygens (including phenoxy) is 1. The molecule has 7 heteroatoms. The fourth-order valence-corrected chi connectivity index (χ4v) is 5.27. The minimum atomic E-state index is -1.21. The molecule has 35 heavy (non-hydrogen) atoms. The third kappa shape index (κ3) is 5.19. The van der Waals surface area contributed by atoms with E-state index in [2.05, 4.69) is 34.9 Å². The number of hydrogen-bond donors (Lipinski definition) is 3. The molecule has 2 aromatic carbocycles. The Morgan fingerprint density at radius 2 is 1.57 bits per heavy atom. The Hall–Kier alpha value is -3.35. The molecule has 0 bridgehead atoms. The van der Waals surface area contributed by atoms with Crippen molar-refractivity contribution in [2.45, 2.75) is 69.9 Å². The molecule has 3 atom stereocenters. The molecule has 0 saturated heterocycles. The normalized spacial score (nSPS) is 21.1. The SMILES string of the molecule is CCC(C)(NC(=O)OCC1c2ccccc2-c2ccccc21)C(=O)NC1CCCCCC1C(=O)O. The molecule has 0 spiro atoms. The molecule has 0 aromatic heterocycles. The van der Waals surface area contributed by atoms with Crippen molar-refractivity contribution < 1.29 is 24.2 Å². The summed E-state index contributed by atoms with van der Waals surface area (Å²) < 4.78 is 5.63. The largest absolute Gasteiger partial charge is 0.481 e. The van der Waals surface area contributed by atoms with Gasteiger partial charge in [0.05, 0.1) is 5.92 Å². The van der Waals surface area contributed by atoms with E-state index < -0.39 is 29.6 Å². The van der Waals surface area contributed by atoms with Gasteiger partial charge in [0.15, 0.2) is 0 Å². The van der Waals surface area contributed by atoms with Gasteiger partial charge in [-0.25, -0.2) is 4.79 Å². The molecular weight excluding hydrogens is 444 g/mol. The van der Waals surface area contributed by atoms with Crippen LogP contribution in [0.25, 0.3) is 11.1 Å². The van der Waals surface area contributed by atoms with Gasteiger partial charge < -0.3 is 20.5 Å². The molecule has 3 N–H and O–H groups in total. The number of carboxylic acid groups (broad SMARTS) is 1. The monoisotopic (exact) mass is 478 g/mol. The molecule has 186 valence electrons. The number of carbonyl (C=O) groups is 3. The number of hydrogen-bond acceptors (Lipinski definition) is 4. The van der Waals surface area contributed by atoms with E-state index in [1.54, 1.807) is 6.92 Å². The smallest absolute Gasteiger partial charge is 0.408 e. The van der Waals surface area contributed by atoms with Gasteiger partial charge in [-0.1, -0.05) is 74.7 Å². The van der Waals surface area contributed by atoms with Gasteiger partial charge in [0.1, 0.15) is 12.1 Å². The van der Waals surface area contributed by atoms with Crippen LogP contribution in [-0.2, 0) is 14.3 Å². The van der Waals surface area contributed by atoms with E-state index in [0.717, 1.165) is 41.5 Å². The fourth-order valence-electron chi connectivity index (χ4n) is 5.27. The van der Waals surface area contributed by atoms with Crippen molar-refractivity contribution in [2.75, 3.05) is 6.61 Å². The van der Waals surface area contributed by atoms with Gasteiger partial charge in [0, 0.05) is 12.0 Å². The summed E-state index contributed by atoms with van der Waals surface area (Å²) in [5.41, 5.74) is 3.31. The fraction of sp³-hybridized carbons (Fsp3) is 0.464. The zero-order valence-electron chi connectivity index (χ0n) is 20.4. The van der Waals surface area contributed by atoms with Gasteiger partial charge in [0.2, 0.25) is 5.91 Å². The quantitative estimate of drug-likeness (QED) is 0.494. The molecule has 0 heterocycles. The van der Waals surface area contributed by atoms with Crippen molar-refractivity contribution in [3.63, 3.8) is 0 Å². The summed E-state index contributed by atoms with van der Waals surface area (Å²) in [4.78, 5) is 37.7. The Balaban J connectivity index is 1.41. The number of carbonyl (C=O) groups excluding carboxylic acids is 2. The first-order chi connectivity index (χ1) is 16.8. The topological polar surface area (TPSA) is 105 Å². The van der Waals surface area contributed by atoms with Crippen molar-refractivity contribution in [3.05, 3.63) is 59.7 Å². The van der Waals surface area contributed by atoms with Gasteiger partial charge in [-0.2, -0.15) is 0 Å². The van der Waals surface area contributed by atoms with Crippen LogP contribution in [0.2, 0.25) is 0 Å². The number of carboxylic acids is 1. The molecule has 1 saturated carbocycles. The van der Waals surface area contributed by atoms with Gasteiger partial charge >= 0.3 is 12.1 Å². The molecule has 2 aliphatic rings. The van der Waals surface area contributed by atoms with Crippen LogP contribution in [-0.4, -0.2) is 41.3 Å². The number of alkyl carbamates (subject to hydrolysis) is 1. The standard InChI is InChI=1S/C28H34N2O5/c1-3-28(2,26(33)29-24-16-6-4-5-15-22(24)25(31)32)30-27(34)35-17-23-20-13-9-7-11-18(20)19-12-8-10-14-21(19)23/h7-14,22-24H,3-6,15-17H2,1-2H3,(H,29,33)(H,30,34)(H,31,32). The van der Waals surface area contributed by atoms with Gasteiger partial charge in [-0.05, 0) is 48.4 Å². The van der Waals surface area contributed by atoms with Crippen LogP contribution in [0.5, 0.6) is 0 Å². The molecule has 0 radical (unpaired) electrons. The minimum Gasteiger partial charge on any atom is -0.481 e. The summed E-state index contributed by atoms with van der Waals surface area (Å²) >= 11 is 0. The van der Waals surface area contributed by atoms with Crippen molar-refractivity contribution in [3.8, 4) is 11.1 Å². The second-order valence-corrected chi connectivity index (χ2v) is 9.80. The first kappa shape index (κ1) is 24.8. The predicted octanol–water partition coefficient (Wildman–Crippen LogP) is 4.84. The summed E-state index contributed by atoms with van der Waals surface area (Å²) in [5.74, 6) is -1.96. The molecule has 2 aromatic rings. The first-order valence-electron chi connectivity index (χ1n) is 12.5. The van der Waals surface area contributed by atoms with E-state index in [-0.39, 0.29) is 18.4 Å². The lowest BCUT2D eigenvalue weighted by atomic mass is 9.92. The van der Waals surface area contributed by atoms with Gasteiger partial charge in [0.25, 0.3) is 0 Å². The third-order valence-electron chi connectivity index (χ3n) is 7.58. The summed E-state index contributed by atoms with van der Waals surface area (Å²) in [7, 11) is 0. The number of nitrogens with one attached hydrogen (secondary N) is 2. The first-order valence-corrected chi connectivity index (χ1v) is 12.5.